The van der Waals surface area contributed by atoms with Crippen molar-refractivity contribution in [2.45, 2.75) is 63.9 Å². The molecule has 4 aliphatic rings. The van der Waals surface area contributed by atoms with Crippen LogP contribution in [0.2, 0.25) is 0 Å². The van der Waals surface area contributed by atoms with Gasteiger partial charge in [-0.25, -0.2) is 4.79 Å². The lowest BCUT2D eigenvalue weighted by Gasteiger charge is -2.43. The number of esters is 1. The van der Waals surface area contributed by atoms with E-state index < -0.39 is 5.60 Å². The Hall–Kier alpha value is -7.97. The molecule has 1 atom stereocenters. The average Bonchev–Trinajstić information content (AvgIpc) is 3.76. The van der Waals surface area contributed by atoms with Crippen LogP contribution in [0.1, 0.15) is 90.2 Å². The number of benzene rings is 8. The molecule has 2 fully saturated rings. The molecule has 76 heavy (non-hydrogen) atoms. The third-order valence-electron chi connectivity index (χ3n) is 16.6. The van der Waals surface area contributed by atoms with E-state index in [2.05, 4.69) is 198 Å². The molecule has 8 aromatic rings. The quantitative estimate of drug-likeness (QED) is 0.0607. The van der Waals surface area contributed by atoms with E-state index in [0.29, 0.717) is 11.3 Å². The Morgan fingerprint density at radius 1 is 0.592 bits per heavy atom. The summed E-state index contributed by atoms with van der Waals surface area (Å²) >= 11 is 0. The van der Waals surface area contributed by atoms with Gasteiger partial charge in [0.25, 0.3) is 0 Å². The average molecular weight is 1010 g/mol. The van der Waals surface area contributed by atoms with Gasteiger partial charge in [0.1, 0.15) is 17.2 Å². The minimum atomic E-state index is -0.956. The molecule has 1 unspecified atom stereocenters. The van der Waals surface area contributed by atoms with Crippen molar-refractivity contribution in [2.75, 3.05) is 79.1 Å². The van der Waals surface area contributed by atoms with Crippen LogP contribution in [-0.2, 0) is 17.4 Å². The molecule has 2 saturated heterocycles. The van der Waals surface area contributed by atoms with Gasteiger partial charge in [0.05, 0.1) is 18.4 Å². The molecule has 1 aliphatic carbocycles. The number of hydrogen-bond acceptors (Lipinski definition) is 8. The van der Waals surface area contributed by atoms with Crippen LogP contribution < -0.4 is 33.8 Å². The predicted molar refractivity (Wildman–Crippen MR) is 312 cm³/mol. The number of fused-ring (bicyclic) bond motifs is 8. The number of carbonyl (C=O) groups excluding carboxylic acids is 1. The zero-order valence-electron chi connectivity index (χ0n) is 44.4. The summed E-state index contributed by atoms with van der Waals surface area (Å²) < 4.78 is 20.2. The number of carbonyl (C=O) groups is 1. The fourth-order valence-electron chi connectivity index (χ4n) is 12.6. The molecular formula is C68H68N4O4. The van der Waals surface area contributed by atoms with Crippen molar-refractivity contribution >= 4 is 45.6 Å². The summed E-state index contributed by atoms with van der Waals surface area (Å²) in [5, 5.41) is 2.22. The van der Waals surface area contributed by atoms with Crippen molar-refractivity contribution in [2.24, 2.45) is 0 Å². The van der Waals surface area contributed by atoms with Gasteiger partial charge in [-0.15, -0.1) is 0 Å². The van der Waals surface area contributed by atoms with Crippen LogP contribution in [0.5, 0.6) is 17.2 Å². The van der Waals surface area contributed by atoms with Gasteiger partial charge in [-0.2, -0.15) is 0 Å². The minimum Gasteiger partial charge on any atom is -0.495 e. The number of methoxy groups -OCH3 is 1. The summed E-state index contributed by atoms with van der Waals surface area (Å²) in [5.74, 6) is 1.93. The monoisotopic (exact) mass is 1000 g/mol. The molecule has 0 radical (unpaired) electrons. The molecule has 8 aromatic carbocycles. The second-order valence-electron chi connectivity index (χ2n) is 21.5. The Morgan fingerprint density at radius 2 is 1.20 bits per heavy atom. The molecule has 12 rings (SSSR count). The SMILES string of the molecule is CCCCCCc1ccc(C(=O)Oc2ccc(N3CCN(c4ccccc4C4(c5ccccc5)C=Cc5c6c(c7cc(N8CCN(c9ccccc9)CC8)c(OC)cc7c5O4)-c4ccccc4C6(C)C)CC3)cc2)cc1. The number of aryl methyl sites for hydroxylation is 1. The van der Waals surface area contributed by atoms with Crippen LogP contribution in [0.25, 0.3) is 28.0 Å². The van der Waals surface area contributed by atoms with Crippen LogP contribution in [0.15, 0.2) is 176 Å². The summed E-state index contributed by atoms with van der Waals surface area (Å²) in [6.45, 7) is 13.9. The topological polar surface area (TPSA) is 57.7 Å². The molecular weight excluding hydrogens is 937 g/mol. The minimum absolute atomic E-state index is 0.283. The molecule has 0 N–H and O–H groups in total. The highest BCUT2D eigenvalue weighted by Gasteiger charge is 2.46. The Labute approximate surface area is 448 Å². The third kappa shape index (κ3) is 8.91. The Morgan fingerprint density at radius 3 is 1.88 bits per heavy atom. The van der Waals surface area contributed by atoms with Gasteiger partial charge in [0.15, 0.2) is 5.60 Å². The van der Waals surface area contributed by atoms with Crippen molar-refractivity contribution in [1.82, 2.24) is 0 Å². The molecule has 0 bridgehead atoms. The number of rotatable bonds is 14. The highest BCUT2D eigenvalue weighted by atomic mass is 16.5. The normalized spacial score (nSPS) is 17.5. The number of unbranched alkanes of at least 4 members (excludes halogenated alkanes) is 3. The fourth-order valence-corrected chi connectivity index (χ4v) is 12.6. The molecule has 3 aliphatic heterocycles. The van der Waals surface area contributed by atoms with E-state index in [1.165, 1.54) is 64.6 Å². The van der Waals surface area contributed by atoms with Gasteiger partial charge in [-0.05, 0) is 119 Å². The van der Waals surface area contributed by atoms with Gasteiger partial charge in [0.2, 0.25) is 0 Å². The maximum Gasteiger partial charge on any atom is 0.343 e. The molecule has 8 nitrogen and oxygen atoms in total. The van der Waals surface area contributed by atoms with Crippen molar-refractivity contribution in [3.8, 4) is 28.4 Å². The highest BCUT2D eigenvalue weighted by Crippen LogP contribution is 2.59. The van der Waals surface area contributed by atoms with E-state index in [9.17, 15) is 4.79 Å². The van der Waals surface area contributed by atoms with Crippen LogP contribution in [-0.4, -0.2) is 65.4 Å². The second-order valence-corrected chi connectivity index (χ2v) is 21.5. The van der Waals surface area contributed by atoms with Crippen LogP contribution in [0.4, 0.5) is 22.7 Å². The van der Waals surface area contributed by atoms with Gasteiger partial charge in [-0.1, -0.05) is 149 Å². The molecule has 8 heteroatoms. The number of para-hydroxylation sites is 2. The fraction of sp³-hybridized carbons (Fsp3) is 0.279. The lowest BCUT2D eigenvalue weighted by molar-refractivity contribution is 0.0734. The summed E-state index contributed by atoms with van der Waals surface area (Å²) in [6.07, 6.45) is 10.6. The molecule has 3 heterocycles. The van der Waals surface area contributed by atoms with E-state index >= 15 is 0 Å². The Kier molecular flexibility index (Phi) is 13.3. The van der Waals surface area contributed by atoms with Gasteiger partial charge in [0, 0.05) is 96.9 Å². The first-order chi connectivity index (χ1) is 37.2. The van der Waals surface area contributed by atoms with Crippen molar-refractivity contribution in [3.63, 3.8) is 0 Å². The largest absolute Gasteiger partial charge is 0.495 e. The van der Waals surface area contributed by atoms with Gasteiger partial charge < -0.3 is 33.8 Å². The summed E-state index contributed by atoms with van der Waals surface area (Å²) in [6, 6.07) is 59.8. The Bertz CT molecular complexity index is 3410. The number of hydrogen-bond donors (Lipinski definition) is 0. The third-order valence-corrected chi connectivity index (χ3v) is 16.6. The first kappa shape index (κ1) is 48.9. The lowest BCUT2D eigenvalue weighted by atomic mass is 9.76. The molecule has 0 saturated carbocycles. The molecule has 0 amide bonds. The van der Waals surface area contributed by atoms with E-state index in [-0.39, 0.29) is 11.4 Å². The lowest BCUT2D eigenvalue weighted by Crippen LogP contribution is -2.47. The molecule has 384 valence electrons. The van der Waals surface area contributed by atoms with E-state index in [4.69, 9.17) is 14.2 Å². The first-order valence-electron chi connectivity index (χ1n) is 27.6. The van der Waals surface area contributed by atoms with E-state index in [1.807, 2.05) is 24.3 Å². The number of ether oxygens (including phenoxy) is 3. The summed E-state index contributed by atoms with van der Waals surface area (Å²) in [4.78, 5) is 23.1. The smallest absolute Gasteiger partial charge is 0.343 e. The van der Waals surface area contributed by atoms with E-state index in [0.717, 1.165) is 109 Å². The maximum atomic E-state index is 13.1. The number of piperazine rings is 2. The zero-order valence-corrected chi connectivity index (χ0v) is 44.4. The van der Waals surface area contributed by atoms with Crippen LogP contribution in [0.3, 0.4) is 0 Å². The number of anilines is 4. The highest BCUT2D eigenvalue weighted by molar-refractivity contribution is 6.10. The second kappa shape index (κ2) is 20.6. The predicted octanol–water partition coefficient (Wildman–Crippen LogP) is 14.5. The van der Waals surface area contributed by atoms with Gasteiger partial charge in [-0.3, -0.25) is 0 Å². The van der Waals surface area contributed by atoms with E-state index in [1.54, 1.807) is 7.11 Å². The van der Waals surface area contributed by atoms with Crippen molar-refractivity contribution in [3.05, 3.63) is 215 Å². The molecule has 0 aromatic heterocycles. The van der Waals surface area contributed by atoms with Crippen LogP contribution >= 0.6 is 0 Å². The van der Waals surface area contributed by atoms with Crippen molar-refractivity contribution < 1.29 is 19.0 Å². The van der Waals surface area contributed by atoms with Crippen LogP contribution in [0, 0.1) is 0 Å². The van der Waals surface area contributed by atoms with Crippen molar-refractivity contribution in [1.29, 1.82) is 0 Å². The molecule has 0 spiro atoms. The first-order valence-corrected chi connectivity index (χ1v) is 27.6. The summed E-state index contributed by atoms with van der Waals surface area (Å²) in [7, 11) is 1.80. The maximum absolute atomic E-state index is 13.1. The Balaban J connectivity index is 0.849. The standard InChI is InChI=1S/C68H68N4O4/c1-5-6-7-10-19-48-28-30-49(31-29-48)66(73)75-53-34-32-52(33-35-53)70-38-42-71(43-39-70)60-27-18-17-26-59(60)68(50-20-11-8-12-21-50)37-36-55-64-63(54-24-15-16-25-58(54)67(64,2)3)56-46-61(62(74-4)47-57(56)65(55)76-68)72-44-40-69(41-45-72)51-22-13-9-14-23-51/h8-9,11-18,20-37,46-47H,5-7,10,19,38-45H2,1-4H3. The van der Waals surface area contributed by atoms with Gasteiger partial charge >= 0.3 is 5.97 Å². The number of nitrogens with zero attached hydrogens (tertiary/aromatic N) is 4. The zero-order chi connectivity index (χ0) is 51.8. The summed E-state index contributed by atoms with van der Waals surface area (Å²) in [5.41, 5.74) is 13.7.